The van der Waals surface area contributed by atoms with Crippen molar-refractivity contribution in [1.29, 1.82) is 0 Å². The van der Waals surface area contributed by atoms with Crippen LogP contribution >= 0.6 is 11.6 Å². The molecule has 0 aliphatic carbocycles. The Morgan fingerprint density at radius 1 is 1.25 bits per heavy atom. The summed E-state index contributed by atoms with van der Waals surface area (Å²) in [6.45, 7) is 4.65. The third-order valence-electron chi connectivity index (χ3n) is 2.94. The molecule has 0 saturated carbocycles. The highest BCUT2D eigenvalue weighted by Crippen LogP contribution is 2.15. The second-order valence-electron chi connectivity index (χ2n) is 5.11. The molecule has 5 heteroatoms. The molecule has 0 bridgehead atoms. The lowest BCUT2D eigenvalue weighted by atomic mass is 10.2. The molecule has 0 spiro atoms. The lowest BCUT2D eigenvalue weighted by Crippen LogP contribution is -2.30. The van der Waals surface area contributed by atoms with E-state index in [1.165, 1.54) is 0 Å². The van der Waals surface area contributed by atoms with Gasteiger partial charge in [-0.3, -0.25) is 4.68 Å². The molecule has 20 heavy (non-hydrogen) atoms. The third-order valence-corrected chi connectivity index (χ3v) is 3.19. The van der Waals surface area contributed by atoms with Crippen LogP contribution < -0.4 is 10.5 Å². The molecule has 1 aromatic heterocycles. The molecule has 1 aromatic carbocycles. The first kappa shape index (κ1) is 14.9. The van der Waals surface area contributed by atoms with Crippen molar-refractivity contribution in [3.8, 4) is 5.75 Å². The predicted octanol–water partition coefficient (Wildman–Crippen LogP) is 3.07. The van der Waals surface area contributed by atoms with Crippen LogP contribution in [0.1, 0.15) is 25.6 Å². The second kappa shape index (κ2) is 6.77. The predicted molar refractivity (Wildman–Crippen MR) is 81.2 cm³/mol. The van der Waals surface area contributed by atoms with Crippen molar-refractivity contribution in [3.63, 3.8) is 0 Å². The highest BCUT2D eigenvalue weighted by molar-refractivity contribution is 6.30. The zero-order chi connectivity index (χ0) is 14.5. The van der Waals surface area contributed by atoms with Gasteiger partial charge in [0.2, 0.25) is 0 Å². The van der Waals surface area contributed by atoms with E-state index in [9.17, 15) is 0 Å². The number of nitrogens with two attached hydrogens (primary N) is 1. The van der Waals surface area contributed by atoms with Gasteiger partial charge in [-0.25, -0.2) is 0 Å². The Morgan fingerprint density at radius 2 is 1.95 bits per heavy atom. The standard InChI is InChI=1S/C15H20ClN3O/c1-11(2)19-8-7-14(18-19)9-13(17)10-20-15-5-3-12(16)4-6-15/h3-8,11,13H,9-10,17H2,1-2H3. The van der Waals surface area contributed by atoms with Gasteiger partial charge < -0.3 is 10.5 Å². The lowest BCUT2D eigenvalue weighted by Gasteiger charge is -2.12. The number of nitrogens with zero attached hydrogens (tertiary/aromatic N) is 2. The van der Waals surface area contributed by atoms with Gasteiger partial charge in [-0.1, -0.05) is 11.6 Å². The summed E-state index contributed by atoms with van der Waals surface area (Å²) in [4.78, 5) is 0. The molecule has 4 nitrogen and oxygen atoms in total. The van der Waals surface area contributed by atoms with E-state index in [1.807, 2.05) is 29.1 Å². The van der Waals surface area contributed by atoms with Gasteiger partial charge in [-0.05, 0) is 44.2 Å². The Kier molecular flexibility index (Phi) is 5.04. The number of hydrogen-bond donors (Lipinski definition) is 1. The minimum absolute atomic E-state index is 0.0822. The molecule has 0 aliphatic heterocycles. The zero-order valence-corrected chi connectivity index (χ0v) is 12.5. The van der Waals surface area contributed by atoms with Crippen LogP contribution in [0.15, 0.2) is 36.5 Å². The van der Waals surface area contributed by atoms with Gasteiger partial charge >= 0.3 is 0 Å². The van der Waals surface area contributed by atoms with Crippen LogP contribution in [-0.2, 0) is 6.42 Å². The van der Waals surface area contributed by atoms with E-state index < -0.39 is 0 Å². The molecule has 0 amide bonds. The van der Waals surface area contributed by atoms with E-state index >= 15 is 0 Å². The van der Waals surface area contributed by atoms with Gasteiger partial charge in [-0.15, -0.1) is 0 Å². The third kappa shape index (κ3) is 4.25. The second-order valence-corrected chi connectivity index (χ2v) is 5.55. The van der Waals surface area contributed by atoms with Crippen molar-refractivity contribution in [2.24, 2.45) is 5.73 Å². The molecule has 2 aromatic rings. The average Bonchev–Trinajstić information content (AvgIpc) is 2.87. The van der Waals surface area contributed by atoms with Gasteiger partial charge in [0.1, 0.15) is 12.4 Å². The maximum Gasteiger partial charge on any atom is 0.119 e. The first-order valence-corrected chi connectivity index (χ1v) is 7.10. The molecule has 0 saturated heterocycles. The van der Waals surface area contributed by atoms with E-state index in [-0.39, 0.29) is 6.04 Å². The number of benzene rings is 1. The molecule has 2 N–H and O–H groups in total. The van der Waals surface area contributed by atoms with Crippen molar-refractivity contribution in [3.05, 3.63) is 47.2 Å². The largest absolute Gasteiger partial charge is 0.492 e. The van der Waals surface area contributed by atoms with Crippen molar-refractivity contribution in [2.45, 2.75) is 32.4 Å². The summed E-state index contributed by atoms with van der Waals surface area (Å²) in [5, 5.41) is 5.18. The fraction of sp³-hybridized carbons (Fsp3) is 0.400. The van der Waals surface area contributed by atoms with E-state index in [2.05, 4.69) is 18.9 Å². The minimum Gasteiger partial charge on any atom is -0.492 e. The minimum atomic E-state index is -0.0822. The van der Waals surface area contributed by atoms with E-state index in [0.29, 0.717) is 24.1 Å². The first-order chi connectivity index (χ1) is 9.54. The summed E-state index contributed by atoms with van der Waals surface area (Å²) < 4.78 is 7.56. The lowest BCUT2D eigenvalue weighted by molar-refractivity contribution is 0.286. The average molecular weight is 294 g/mol. The van der Waals surface area contributed by atoms with Gasteiger partial charge in [-0.2, -0.15) is 5.10 Å². The summed E-state index contributed by atoms with van der Waals surface area (Å²) in [5.41, 5.74) is 7.06. The van der Waals surface area contributed by atoms with Crippen LogP contribution in [-0.4, -0.2) is 22.4 Å². The maximum absolute atomic E-state index is 6.07. The fourth-order valence-corrected chi connectivity index (χ4v) is 1.96. The molecule has 2 rings (SSSR count). The molecule has 1 atom stereocenters. The van der Waals surface area contributed by atoms with Gasteiger partial charge in [0.15, 0.2) is 0 Å². The molecule has 1 unspecified atom stereocenters. The van der Waals surface area contributed by atoms with Crippen LogP contribution in [0.2, 0.25) is 5.02 Å². The zero-order valence-electron chi connectivity index (χ0n) is 11.8. The Morgan fingerprint density at radius 3 is 2.55 bits per heavy atom. The quantitative estimate of drug-likeness (QED) is 0.890. The highest BCUT2D eigenvalue weighted by atomic mass is 35.5. The summed E-state index contributed by atoms with van der Waals surface area (Å²) >= 11 is 5.82. The highest BCUT2D eigenvalue weighted by Gasteiger charge is 2.09. The molecule has 0 fully saturated rings. The Bertz CT molecular complexity index is 536. The van der Waals surface area contributed by atoms with E-state index in [1.54, 1.807) is 12.1 Å². The summed E-state index contributed by atoms with van der Waals surface area (Å²) in [6.07, 6.45) is 2.68. The number of hydrogen-bond acceptors (Lipinski definition) is 3. The normalized spacial score (nSPS) is 12.7. The topological polar surface area (TPSA) is 53.1 Å². The molecule has 0 aliphatic rings. The van der Waals surface area contributed by atoms with Crippen LogP contribution in [0.3, 0.4) is 0 Å². The van der Waals surface area contributed by atoms with Gasteiger partial charge in [0.25, 0.3) is 0 Å². The first-order valence-electron chi connectivity index (χ1n) is 6.72. The number of halogens is 1. The van der Waals surface area contributed by atoms with Crippen molar-refractivity contribution in [2.75, 3.05) is 6.61 Å². The Labute approximate surface area is 124 Å². The van der Waals surface area contributed by atoms with Crippen LogP contribution in [0.5, 0.6) is 5.75 Å². The van der Waals surface area contributed by atoms with Crippen LogP contribution in [0.25, 0.3) is 0 Å². The summed E-state index contributed by atoms with van der Waals surface area (Å²) in [6, 6.07) is 9.55. The van der Waals surface area contributed by atoms with Crippen LogP contribution in [0, 0.1) is 0 Å². The van der Waals surface area contributed by atoms with E-state index in [4.69, 9.17) is 22.1 Å². The van der Waals surface area contributed by atoms with Crippen molar-refractivity contribution >= 4 is 11.6 Å². The monoisotopic (exact) mass is 293 g/mol. The maximum atomic E-state index is 6.07. The molecule has 0 radical (unpaired) electrons. The molecular weight excluding hydrogens is 274 g/mol. The SMILES string of the molecule is CC(C)n1ccc(CC(N)COc2ccc(Cl)cc2)n1. The number of aromatic nitrogens is 2. The summed E-state index contributed by atoms with van der Waals surface area (Å²) in [7, 11) is 0. The molecular formula is C15H20ClN3O. The summed E-state index contributed by atoms with van der Waals surface area (Å²) in [5.74, 6) is 0.776. The smallest absolute Gasteiger partial charge is 0.119 e. The van der Waals surface area contributed by atoms with Crippen molar-refractivity contribution in [1.82, 2.24) is 9.78 Å². The van der Waals surface area contributed by atoms with Crippen LogP contribution in [0.4, 0.5) is 0 Å². The number of ether oxygens (including phenoxy) is 1. The molecule has 108 valence electrons. The Balaban J connectivity index is 1.82. The molecule has 1 heterocycles. The van der Waals surface area contributed by atoms with Crippen molar-refractivity contribution < 1.29 is 4.74 Å². The Hall–Kier alpha value is -1.52. The fourth-order valence-electron chi connectivity index (χ4n) is 1.84. The van der Waals surface area contributed by atoms with Gasteiger partial charge in [0.05, 0.1) is 5.69 Å². The van der Waals surface area contributed by atoms with Gasteiger partial charge in [0, 0.05) is 29.7 Å². The van der Waals surface area contributed by atoms with E-state index in [0.717, 1.165) is 11.4 Å². The number of rotatable bonds is 6.